The van der Waals surface area contributed by atoms with Gasteiger partial charge in [-0.25, -0.2) is 0 Å². The number of nitrogens with one attached hydrogen (secondary N) is 5. The molecule has 0 bridgehead atoms. The van der Waals surface area contributed by atoms with Crippen LogP contribution in [0.2, 0.25) is 0 Å². The molecule has 0 radical (unpaired) electrons. The highest BCUT2D eigenvalue weighted by atomic mass is 32.1. The highest BCUT2D eigenvalue weighted by Gasteiger charge is 2.21. The van der Waals surface area contributed by atoms with Crippen molar-refractivity contribution in [2.45, 2.75) is 6.42 Å². The minimum Gasteiger partial charge on any atom is -0.388 e. The number of anilines is 3. The van der Waals surface area contributed by atoms with E-state index in [-0.39, 0.29) is 46.7 Å². The number of carbonyl (C=O) groups is 4. The first-order valence-corrected chi connectivity index (χ1v) is 14.8. The number of nitrogens with two attached hydrogens (primary N) is 1. The van der Waals surface area contributed by atoms with Crippen molar-refractivity contribution < 1.29 is 24.1 Å². The number of benzene rings is 1. The molecule has 0 aliphatic carbocycles. The first-order valence-electron chi connectivity index (χ1n) is 14.0. The number of fused-ring (bicyclic) bond motifs is 1. The molecule has 7 N–H and O–H groups in total. The zero-order valence-electron chi connectivity index (χ0n) is 25.4. The van der Waals surface area contributed by atoms with E-state index in [9.17, 15) is 29.3 Å². The quantitative estimate of drug-likeness (QED) is 0.0534. The Labute approximate surface area is 270 Å². The van der Waals surface area contributed by atoms with E-state index in [1.807, 2.05) is 0 Å². The summed E-state index contributed by atoms with van der Waals surface area (Å²) >= 11 is 1.12. The van der Waals surface area contributed by atoms with Crippen LogP contribution in [0.1, 0.15) is 47.6 Å². The maximum Gasteiger partial charge on any atom is 0.278 e. The highest BCUT2D eigenvalue weighted by molar-refractivity contribution is 7.21. The van der Waals surface area contributed by atoms with Gasteiger partial charge < -0.3 is 40.7 Å². The molecule has 17 heteroatoms. The Hall–Kier alpha value is -6.23. The number of aromatic nitrogens is 3. The summed E-state index contributed by atoms with van der Waals surface area (Å²) in [6, 6.07) is 10.6. The van der Waals surface area contributed by atoms with Crippen LogP contribution in [0.15, 0.2) is 61.1 Å². The van der Waals surface area contributed by atoms with Crippen molar-refractivity contribution in [3.8, 4) is 0 Å². The lowest BCUT2D eigenvalue weighted by molar-refractivity contribution is -0.383. The molecule has 16 nitrogen and oxygen atoms in total. The lowest BCUT2D eigenvalue weighted by Gasteiger charge is -2.04. The molecule has 0 saturated carbocycles. The van der Waals surface area contributed by atoms with Crippen LogP contribution in [0.25, 0.3) is 10.1 Å². The fraction of sp³-hybridized carbons (Fsp3) is 0.167. The number of thiophene rings is 1. The van der Waals surface area contributed by atoms with Crippen LogP contribution in [0.4, 0.5) is 22.7 Å². The SMILES string of the molecule is Cn1cc(NC(=O)c2cc(NC(=O)c3cc(NC(=O)c4cc5c([N+](=O)[O-])cccc5s4)cn3C)cn2C)cc1C(=O)NCCC(=N)N. The Morgan fingerprint density at radius 3 is 1.79 bits per heavy atom. The number of non-ortho nitro benzene ring substituents is 1. The topological polar surface area (TPSA) is 224 Å². The first-order chi connectivity index (χ1) is 22.3. The monoisotopic (exact) mass is 658 g/mol. The van der Waals surface area contributed by atoms with E-state index in [0.717, 1.165) is 11.3 Å². The Kier molecular flexibility index (Phi) is 8.91. The van der Waals surface area contributed by atoms with Gasteiger partial charge in [-0.05, 0) is 30.3 Å². The van der Waals surface area contributed by atoms with E-state index in [2.05, 4.69) is 21.3 Å². The van der Waals surface area contributed by atoms with Gasteiger partial charge in [0.25, 0.3) is 29.3 Å². The largest absolute Gasteiger partial charge is 0.388 e. The number of amides is 4. The number of nitro groups is 1. The molecule has 5 aromatic rings. The number of nitro benzene ring substituents is 1. The van der Waals surface area contributed by atoms with Crippen molar-refractivity contribution in [1.29, 1.82) is 5.41 Å². The summed E-state index contributed by atoms with van der Waals surface area (Å²) in [6.45, 7) is 0.207. The van der Waals surface area contributed by atoms with E-state index < -0.39 is 22.6 Å². The smallest absolute Gasteiger partial charge is 0.278 e. The molecule has 4 aromatic heterocycles. The molecule has 0 atom stereocenters. The van der Waals surface area contributed by atoms with Gasteiger partial charge in [0.05, 0.1) is 38.1 Å². The van der Waals surface area contributed by atoms with Gasteiger partial charge in [0.1, 0.15) is 17.1 Å². The van der Waals surface area contributed by atoms with E-state index >= 15 is 0 Å². The molecular formula is C30H30N10O6S. The summed E-state index contributed by atoms with van der Waals surface area (Å²) in [4.78, 5) is 62.7. The van der Waals surface area contributed by atoms with Crippen molar-refractivity contribution in [1.82, 2.24) is 19.0 Å². The van der Waals surface area contributed by atoms with Crippen LogP contribution in [-0.4, -0.2) is 54.6 Å². The molecule has 242 valence electrons. The average molecular weight is 659 g/mol. The number of rotatable bonds is 11. The van der Waals surface area contributed by atoms with Crippen molar-refractivity contribution in [2.75, 3.05) is 22.5 Å². The standard InChI is InChI=1S/C30H30N10O6S/c1-37-13-16(9-21(37)27(41)33-8-7-26(31)32)34-28(42)22-10-17(14-38(22)2)35-29(43)23-11-18(15-39(23)3)36-30(44)25-12-19-20(40(45)46)5-4-6-24(19)47-25/h4-6,9-15H,7-8H2,1-3H3,(H3,31,32)(H,33,41)(H,34,42)(H,35,43)(H,36,44). The fourth-order valence-electron chi connectivity index (χ4n) is 4.88. The third-order valence-corrected chi connectivity index (χ3v) is 8.22. The molecule has 4 heterocycles. The van der Waals surface area contributed by atoms with E-state index in [0.29, 0.717) is 32.8 Å². The van der Waals surface area contributed by atoms with Crippen LogP contribution < -0.4 is 27.0 Å². The first kappa shape index (κ1) is 32.2. The summed E-state index contributed by atoms with van der Waals surface area (Å²) in [5, 5.41) is 29.9. The van der Waals surface area contributed by atoms with E-state index in [1.165, 1.54) is 39.5 Å². The van der Waals surface area contributed by atoms with Crippen LogP contribution >= 0.6 is 11.3 Å². The summed E-state index contributed by atoms with van der Waals surface area (Å²) in [5.41, 5.74) is 7.06. The van der Waals surface area contributed by atoms with E-state index in [4.69, 9.17) is 11.1 Å². The predicted molar refractivity (Wildman–Crippen MR) is 177 cm³/mol. The highest BCUT2D eigenvalue weighted by Crippen LogP contribution is 2.33. The molecule has 0 unspecified atom stereocenters. The molecule has 0 fully saturated rings. The molecule has 0 aliphatic heterocycles. The van der Waals surface area contributed by atoms with Gasteiger partial charge in [-0.3, -0.25) is 34.7 Å². The number of hydrogen-bond acceptors (Lipinski definition) is 8. The summed E-state index contributed by atoms with van der Waals surface area (Å²) < 4.78 is 5.22. The maximum atomic E-state index is 13.1. The van der Waals surface area contributed by atoms with Gasteiger partial charge in [-0.15, -0.1) is 11.3 Å². The van der Waals surface area contributed by atoms with Crippen LogP contribution in [0.5, 0.6) is 0 Å². The zero-order chi connectivity index (χ0) is 34.0. The molecule has 0 spiro atoms. The minimum atomic E-state index is -0.497. The zero-order valence-corrected chi connectivity index (χ0v) is 26.2. The lowest BCUT2D eigenvalue weighted by Crippen LogP contribution is -2.28. The minimum absolute atomic E-state index is 0.0399. The van der Waals surface area contributed by atoms with E-state index in [1.54, 1.807) is 56.4 Å². The Morgan fingerprint density at radius 2 is 1.30 bits per heavy atom. The number of nitrogens with zero attached hydrogens (tertiary/aromatic N) is 4. The second kappa shape index (κ2) is 13.0. The third kappa shape index (κ3) is 7.04. The molecule has 1 aromatic carbocycles. The Bertz CT molecular complexity index is 2080. The van der Waals surface area contributed by atoms with Gasteiger partial charge in [0.15, 0.2) is 0 Å². The molecule has 4 amide bonds. The van der Waals surface area contributed by atoms with Crippen molar-refractivity contribution >= 4 is 73.6 Å². The van der Waals surface area contributed by atoms with Gasteiger partial charge in [-0.1, -0.05) is 6.07 Å². The maximum absolute atomic E-state index is 13.1. The van der Waals surface area contributed by atoms with Crippen LogP contribution in [-0.2, 0) is 21.1 Å². The number of hydrogen-bond donors (Lipinski definition) is 6. The van der Waals surface area contributed by atoms with Crippen LogP contribution in [0, 0.1) is 15.5 Å². The molecule has 5 rings (SSSR count). The van der Waals surface area contributed by atoms with Crippen molar-refractivity contribution in [3.05, 3.63) is 93.1 Å². The second-order valence-electron chi connectivity index (χ2n) is 10.6. The summed E-state index contributed by atoms with van der Waals surface area (Å²) in [5.74, 6) is -1.87. The number of aryl methyl sites for hydroxylation is 3. The number of carbonyl (C=O) groups excluding carboxylic acids is 4. The Balaban J connectivity index is 1.22. The van der Waals surface area contributed by atoms with Crippen molar-refractivity contribution in [3.63, 3.8) is 0 Å². The number of amidine groups is 1. The normalized spacial score (nSPS) is 10.9. The molecule has 0 saturated heterocycles. The lowest BCUT2D eigenvalue weighted by atomic mass is 10.2. The van der Waals surface area contributed by atoms with Gasteiger partial charge >= 0.3 is 0 Å². The summed E-state index contributed by atoms with van der Waals surface area (Å²) in [7, 11) is 4.93. The third-order valence-electron chi connectivity index (χ3n) is 7.13. The summed E-state index contributed by atoms with van der Waals surface area (Å²) in [6.07, 6.45) is 4.93. The van der Waals surface area contributed by atoms with Gasteiger partial charge in [0.2, 0.25) is 0 Å². The predicted octanol–water partition coefficient (Wildman–Crippen LogP) is 3.64. The second-order valence-corrected chi connectivity index (χ2v) is 11.7. The van der Waals surface area contributed by atoms with Crippen LogP contribution in [0.3, 0.4) is 0 Å². The average Bonchev–Trinajstić information content (AvgIpc) is 3.77. The Morgan fingerprint density at radius 1 is 0.809 bits per heavy atom. The molecule has 47 heavy (non-hydrogen) atoms. The van der Waals surface area contributed by atoms with Crippen molar-refractivity contribution in [2.24, 2.45) is 26.9 Å². The molecule has 0 aliphatic rings. The fourth-order valence-corrected chi connectivity index (χ4v) is 5.85. The van der Waals surface area contributed by atoms with Gasteiger partial charge in [0, 0.05) is 63.5 Å². The molecular weight excluding hydrogens is 628 g/mol. The van der Waals surface area contributed by atoms with Gasteiger partial charge in [-0.2, -0.15) is 0 Å².